The highest BCUT2D eigenvalue weighted by Crippen LogP contribution is 2.36. The number of nitrogens with two attached hydrogens (primary N) is 1. The van der Waals surface area contributed by atoms with Gasteiger partial charge in [0.1, 0.15) is 5.82 Å². The van der Waals surface area contributed by atoms with Gasteiger partial charge in [-0.15, -0.1) is 0 Å². The number of carbonyl (C=O) groups excluding carboxylic acids is 1. The third-order valence-electron chi connectivity index (χ3n) is 3.25. The maximum atomic E-state index is 13.8. The zero-order chi connectivity index (χ0) is 15.0. The molecule has 1 amide bonds. The number of nitrogens with one attached hydrogen (secondary N) is 1. The van der Waals surface area contributed by atoms with Gasteiger partial charge in [0.2, 0.25) is 6.79 Å². The molecule has 3 N–H and O–H groups in total. The van der Waals surface area contributed by atoms with E-state index in [4.69, 9.17) is 15.2 Å². The molecule has 0 bridgehead atoms. The van der Waals surface area contributed by atoms with Crippen molar-refractivity contribution in [3.05, 3.63) is 47.3 Å². The fourth-order valence-corrected chi connectivity index (χ4v) is 2.13. The van der Waals surface area contributed by atoms with Gasteiger partial charge in [-0.3, -0.25) is 4.79 Å². The number of fused-ring (bicyclic) bond motifs is 1. The SMILES string of the molecule is Cc1cccc(F)c1NC(=O)c1cc2c(cc1N)OCO2. The van der Waals surface area contributed by atoms with Crippen molar-refractivity contribution in [2.24, 2.45) is 0 Å². The van der Waals surface area contributed by atoms with E-state index in [2.05, 4.69) is 5.32 Å². The number of hydrogen-bond acceptors (Lipinski definition) is 4. The summed E-state index contributed by atoms with van der Waals surface area (Å²) in [7, 11) is 0. The Kier molecular flexibility index (Phi) is 3.13. The quantitative estimate of drug-likeness (QED) is 0.833. The Morgan fingerprint density at radius 2 is 2.00 bits per heavy atom. The van der Waals surface area contributed by atoms with Gasteiger partial charge < -0.3 is 20.5 Å². The number of para-hydroxylation sites is 1. The Hall–Kier alpha value is -2.76. The number of amides is 1. The number of benzene rings is 2. The highest BCUT2D eigenvalue weighted by Gasteiger charge is 2.20. The maximum Gasteiger partial charge on any atom is 0.257 e. The first kappa shape index (κ1) is 13.2. The minimum absolute atomic E-state index is 0.0896. The van der Waals surface area contributed by atoms with Crippen molar-refractivity contribution in [2.45, 2.75) is 6.92 Å². The fourth-order valence-electron chi connectivity index (χ4n) is 2.13. The molecule has 0 saturated heterocycles. The van der Waals surface area contributed by atoms with Gasteiger partial charge >= 0.3 is 0 Å². The Labute approximate surface area is 120 Å². The standard InChI is InChI=1S/C15H13FN2O3/c1-8-3-2-4-10(16)14(8)18-15(19)9-5-12-13(6-11(9)17)21-7-20-12/h2-6H,7,17H2,1H3,(H,18,19). The molecular weight excluding hydrogens is 275 g/mol. The molecule has 3 rings (SSSR count). The summed E-state index contributed by atoms with van der Waals surface area (Å²) in [4.78, 5) is 12.3. The van der Waals surface area contributed by atoms with Crippen LogP contribution in [-0.2, 0) is 0 Å². The molecule has 0 fully saturated rings. The molecule has 5 nitrogen and oxygen atoms in total. The van der Waals surface area contributed by atoms with E-state index in [1.54, 1.807) is 19.1 Å². The van der Waals surface area contributed by atoms with Gasteiger partial charge in [0.25, 0.3) is 5.91 Å². The second kappa shape index (κ2) is 4.97. The van der Waals surface area contributed by atoms with Crippen molar-refractivity contribution in [2.75, 3.05) is 17.8 Å². The molecule has 0 aromatic heterocycles. The van der Waals surface area contributed by atoms with Gasteiger partial charge in [-0.05, 0) is 24.6 Å². The summed E-state index contributed by atoms with van der Waals surface area (Å²) < 4.78 is 24.1. The molecule has 0 atom stereocenters. The van der Waals surface area contributed by atoms with Crippen LogP contribution < -0.4 is 20.5 Å². The normalized spacial score (nSPS) is 12.3. The minimum Gasteiger partial charge on any atom is -0.454 e. The van der Waals surface area contributed by atoms with Gasteiger partial charge in [-0.2, -0.15) is 0 Å². The molecule has 108 valence electrons. The summed E-state index contributed by atoms with van der Waals surface area (Å²) >= 11 is 0. The van der Waals surface area contributed by atoms with Crippen molar-refractivity contribution in [3.8, 4) is 11.5 Å². The highest BCUT2D eigenvalue weighted by molar-refractivity contribution is 6.08. The van der Waals surface area contributed by atoms with E-state index >= 15 is 0 Å². The largest absolute Gasteiger partial charge is 0.454 e. The van der Waals surface area contributed by atoms with E-state index < -0.39 is 11.7 Å². The Morgan fingerprint density at radius 3 is 2.71 bits per heavy atom. The van der Waals surface area contributed by atoms with Gasteiger partial charge in [0.05, 0.1) is 11.3 Å². The van der Waals surface area contributed by atoms with Crippen LogP contribution >= 0.6 is 0 Å². The molecule has 21 heavy (non-hydrogen) atoms. The summed E-state index contributed by atoms with van der Waals surface area (Å²) in [6.07, 6.45) is 0. The molecule has 0 spiro atoms. The molecule has 1 aliphatic rings. The van der Waals surface area contributed by atoms with Gasteiger partial charge in [-0.25, -0.2) is 4.39 Å². The summed E-state index contributed by atoms with van der Waals surface area (Å²) in [5.74, 6) is -0.0626. The predicted octanol–water partition coefficient (Wildman–Crippen LogP) is 2.70. The van der Waals surface area contributed by atoms with Crippen LogP contribution in [0.5, 0.6) is 11.5 Å². The van der Waals surface area contributed by atoms with Gasteiger partial charge in [0, 0.05) is 11.8 Å². The molecule has 0 aliphatic carbocycles. The van der Waals surface area contributed by atoms with Crippen LogP contribution in [0.15, 0.2) is 30.3 Å². The van der Waals surface area contributed by atoms with Crippen LogP contribution in [0.1, 0.15) is 15.9 Å². The average molecular weight is 288 g/mol. The molecule has 2 aromatic carbocycles. The molecule has 1 aliphatic heterocycles. The minimum atomic E-state index is -0.501. The van der Waals surface area contributed by atoms with E-state index in [1.165, 1.54) is 18.2 Å². The van der Waals surface area contributed by atoms with E-state index in [1.807, 2.05) is 0 Å². The van der Waals surface area contributed by atoms with Gasteiger partial charge in [0.15, 0.2) is 11.5 Å². The molecule has 0 radical (unpaired) electrons. The number of ether oxygens (including phenoxy) is 2. The number of anilines is 2. The monoisotopic (exact) mass is 288 g/mol. The molecule has 0 unspecified atom stereocenters. The topological polar surface area (TPSA) is 73.6 Å². The van der Waals surface area contributed by atoms with Crippen LogP contribution in [0.25, 0.3) is 0 Å². The molecule has 2 aromatic rings. The van der Waals surface area contributed by atoms with E-state index in [0.29, 0.717) is 17.1 Å². The number of rotatable bonds is 2. The zero-order valence-electron chi connectivity index (χ0n) is 11.3. The molecule has 6 heteroatoms. The maximum absolute atomic E-state index is 13.8. The molecule has 1 heterocycles. The van der Waals surface area contributed by atoms with Crippen molar-refractivity contribution in [3.63, 3.8) is 0 Å². The first-order valence-electron chi connectivity index (χ1n) is 6.32. The second-order valence-corrected chi connectivity index (χ2v) is 4.68. The van der Waals surface area contributed by atoms with Crippen molar-refractivity contribution >= 4 is 17.3 Å². The second-order valence-electron chi connectivity index (χ2n) is 4.68. The van der Waals surface area contributed by atoms with Crippen molar-refractivity contribution in [1.29, 1.82) is 0 Å². The zero-order valence-corrected chi connectivity index (χ0v) is 11.3. The summed E-state index contributed by atoms with van der Waals surface area (Å²) in [6, 6.07) is 7.58. The number of aryl methyl sites for hydroxylation is 1. The first-order chi connectivity index (χ1) is 10.1. The molecule has 0 saturated carbocycles. The third-order valence-corrected chi connectivity index (χ3v) is 3.25. The first-order valence-corrected chi connectivity index (χ1v) is 6.32. The van der Waals surface area contributed by atoms with Crippen LogP contribution in [0.3, 0.4) is 0 Å². The number of nitrogen functional groups attached to an aromatic ring is 1. The lowest BCUT2D eigenvalue weighted by atomic mass is 10.1. The summed E-state index contributed by atoms with van der Waals surface area (Å²) in [5, 5.41) is 2.54. The summed E-state index contributed by atoms with van der Waals surface area (Å²) in [6.45, 7) is 1.80. The fraction of sp³-hybridized carbons (Fsp3) is 0.133. The van der Waals surface area contributed by atoms with Crippen molar-refractivity contribution in [1.82, 2.24) is 0 Å². The van der Waals surface area contributed by atoms with Crippen LogP contribution in [0.4, 0.5) is 15.8 Å². The number of carbonyl (C=O) groups is 1. The average Bonchev–Trinajstić information content (AvgIpc) is 2.89. The lowest BCUT2D eigenvalue weighted by molar-refractivity contribution is 0.102. The summed E-state index contributed by atoms with van der Waals surface area (Å²) in [5.41, 5.74) is 7.05. The molecular formula is C15H13FN2O3. The van der Waals surface area contributed by atoms with Crippen molar-refractivity contribution < 1.29 is 18.7 Å². The van der Waals surface area contributed by atoms with Gasteiger partial charge in [-0.1, -0.05) is 12.1 Å². The number of hydrogen-bond donors (Lipinski definition) is 2. The predicted molar refractivity (Wildman–Crippen MR) is 76.1 cm³/mol. The highest BCUT2D eigenvalue weighted by atomic mass is 19.1. The van der Waals surface area contributed by atoms with E-state index in [0.717, 1.165) is 0 Å². The lowest BCUT2D eigenvalue weighted by Crippen LogP contribution is -2.15. The Balaban J connectivity index is 1.93. The smallest absolute Gasteiger partial charge is 0.257 e. The van der Waals surface area contributed by atoms with E-state index in [-0.39, 0.29) is 23.7 Å². The lowest BCUT2D eigenvalue weighted by Gasteiger charge is -2.11. The number of halogens is 1. The van der Waals surface area contributed by atoms with Crippen LogP contribution in [0.2, 0.25) is 0 Å². The van der Waals surface area contributed by atoms with Crippen LogP contribution in [0, 0.1) is 12.7 Å². The van der Waals surface area contributed by atoms with Crippen LogP contribution in [-0.4, -0.2) is 12.7 Å². The van der Waals surface area contributed by atoms with E-state index in [9.17, 15) is 9.18 Å². The Bertz CT molecular complexity index is 711. The third kappa shape index (κ3) is 2.35. The Morgan fingerprint density at radius 1 is 1.29 bits per heavy atom.